The van der Waals surface area contributed by atoms with Crippen LogP contribution in [0.2, 0.25) is 0 Å². The summed E-state index contributed by atoms with van der Waals surface area (Å²) in [5, 5.41) is 3.25. The smallest absolute Gasteiger partial charge is 0.168 e. The first-order chi connectivity index (χ1) is 10.7. The molecule has 0 unspecified atom stereocenters. The molecule has 0 aliphatic carbocycles. The molecule has 22 heavy (non-hydrogen) atoms. The lowest BCUT2D eigenvalue weighted by Crippen LogP contribution is -2.21. The quantitative estimate of drug-likeness (QED) is 0.842. The third kappa shape index (κ3) is 3.49. The first-order valence-corrected chi connectivity index (χ1v) is 7.81. The van der Waals surface area contributed by atoms with E-state index >= 15 is 0 Å². The van der Waals surface area contributed by atoms with Crippen LogP contribution in [0.25, 0.3) is 0 Å². The summed E-state index contributed by atoms with van der Waals surface area (Å²) in [5.74, 6) is 1.49. The van der Waals surface area contributed by atoms with E-state index in [0.717, 1.165) is 30.2 Å². The van der Waals surface area contributed by atoms with Crippen LogP contribution >= 0.6 is 12.2 Å². The number of benzene rings is 2. The number of ether oxygens (including phenoxy) is 1. The van der Waals surface area contributed by atoms with Gasteiger partial charge in [-0.15, -0.1) is 0 Å². The highest BCUT2D eigenvalue weighted by atomic mass is 32.1. The molecule has 4 nitrogen and oxygen atoms in total. The van der Waals surface area contributed by atoms with E-state index in [-0.39, 0.29) is 5.11 Å². The van der Waals surface area contributed by atoms with Gasteiger partial charge in [-0.3, -0.25) is 0 Å². The molecule has 114 valence electrons. The Labute approximate surface area is 135 Å². The number of anilines is 2. The van der Waals surface area contributed by atoms with Gasteiger partial charge in [0.05, 0.1) is 5.69 Å². The van der Waals surface area contributed by atoms with Crippen LogP contribution in [0.1, 0.15) is 12.8 Å². The summed E-state index contributed by atoms with van der Waals surface area (Å²) >= 11 is 4.98. The highest BCUT2D eigenvalue weighted by Gasteiger charge is 2.15. The SMILES string of the molecule is NC(=S)Nc1cc(N2CCCC2)ccc1Oc1ccccc1. The molecular formula is C17H19N3OS. The van der Waals surface area contributed by atoms with Gasteiger partial charge < -0.3 is 20.7 Å². The number of hydrogen-bond acceptors (Lipinski definition) is 3. The van der Waals surface area contributed by atoms with E-state index in [1.807, 2.05) is 42.5 Å². The standard InChI is InChI=1S/C17H19N3OS/c18-17(22)19-15-12-13(20-10-4-5-11-20)8-9-16(15)21-14-6-2-1-3-7-14/h1-3,6-9,12H,4-5,10-11H2,(H3,18,19,22). The van der Waals surface area contributed by atoms with E-state index in [1.54, 1.807) is 0 Å². The number of para-hydroxylation sites is 1. The average molecular weight is 313 g/mol. The normalized spacial score (nSPS) is 13.9. The summed E-state index contributed by atoms with van der Waals surface area (Å²) in [4.78, 5) is 2.36. The van der Waals surface area contributed by atoms with Crippen molar-refractivity contribution in [2.45, 2.75) is 12.8 Å². The van der Waals surface area contributed by atoms with E-state index in [4.69, 9.17) is 22.7 Å². The third-order valence-corrected chi connectivity index (χ3v) is 3.77. The van der Waals surface area contributed by atoms with Crippen molar-refractivity contribution in [2.75, 3.05) is 23.3 Å². The molecule has 1 aliphatic rings. The molecule has 3 rings (SSSR count). The lowest BCUT2D eigenvalue weighted by Gasteiger charge is -2.20. The molecule has 0 amide bonds. The Bertz CT molecular complexity index is 654. The fraction of sp³-hybridized carbons (Fsp3) is 0.235. The van der Waals surface area contributed by atoms with E-state index in [0.29, 0.717) is 5.75 Å². The molecule has 0 aromatic heterocycles. The molecule has 1 fully saturated rings. The molecule has 0 bridgehead atoms. The minimum atomic E-state index is 0.233. The largest absolute Gasteiger partial charge is 0.455 e. The molecule has 0 spiro atoms. The molecule has 5 heteroatoms. The fourth-order valence-electron chi connectivity index (χ4n) is 2.62. The maximum atomic E-state index is 5.93. The van der Waals surface area contributed by atoms with Gasteiger partial charge in [0.2, 0.25) is 0 Å². The van der Waals surface area contributed by atoms with Crippen molar-refractivity contribution in [3.05, 3.63) is 48.5 Å². The number of thiocarbonyl (C=S) groups is 1. The van der Waals surface area contributed by atoms with E-state index in [9.17, 15) is 0 Å². The van der Waals surface area contributed by atoms with Crippen LogP contribution in [-0.2, 0) is 0 Å². The molecule has 1 saturated heterocycles. The first kappa shape index (κ1) is 14.7. The van der Waals surface area contributed by atoms with Gasteiger partial charge in [0, 0.05) is 18.8 Å². The first-order valence-electron chi connectivity index (χ1n) is 7.41. The predicted octanol–water partition coefficient (Wildman–Crippen LogP) is 3.73. The fourth-order valence-corrected chi connectivity index (χ4v) is 2.73. The molecule has 0 radical (unpaired) electrons. The summed E-state index contributed by atoms with van der Waals surface area (Å²) in [6.45, 7) is 2.18. The van der Waals surface area contributed by atoms with Gasteiger partial charge >= 0.3 is 0 Å². The second-order valence-electron chi connectivity index (χ2n) is 5.28. The Hall–Kier alpha value is -2.27. The Kier molecular flexibility index (Phi) is 4.44. The Balaban J connectivity index is 1.89. The zero-order valence-corrected chi connectivity index (χ0v) is 13.1. The number of nitrogens with one attached hydrogen (secondary N) is 1. The van der Waals surface area contributed by atoms with Crippen LogP contribution in [0.4, 0.5) is 11.4 Å². The van der Waals surface area contributed by atoms with Crippen LogP contribution in [-0.4, -0.2) is 18.2 Å². The average Bonchev–Trinajstić information content (AvgIpc) is 3.04. The van der Waals surface area contributed by atoms with Crippen LogP contribution in [0.15, 0.2) is 48.5 Å². The number of hydrogen-bond donors (Lipinski definition) is 2. The van der Waals surface area contributed by atoms with Crippen LogP contribution < -0.4 is 20.7 Å². The zero-order valence-electron chi connectivity index (χ0n) is 12.3. The lowest BCUT2D eigenvalue weighted by molar-refractivity contribution is 0.485. The summed E-state index contributed by atoms with van der Waals surface area (Å²) in [7, 11) is 0. The summed E-state index contributed by atoms with van der Waals surface area (Å²) < 4.78 is 5.93. The molecule has 2 aromatic carbocycles. The molecule has 1 heterocycles. The summed E-state index contributed by atoms with van der Waals surface area (Å²) in [6, 6.07) is 15.7. The molecule has 0 atom stereocenters. The highest BCUT2D eigenvalue weighted by molar-refractivity contribution is 7.80. The summed E-state index contributed by atoms with van der Waals surface area (Å²) in [5.41, 5.74) is 7.60. The Morgan fingerprint density at radius 2 is 1.82 bits per heavy atom. The van der Waals surface area contributed by atoms with Gasteiger partial charge in [0.15, 0.2) is 10.9 Å². The van der Waals surface area contributed by atoms with Crippen molar-refractivity contribution in [3.63, 3.8) is 0 Å². The molecule has 1 aliphatic heterocycles. The number of rotatable bonds is 4. The predicted molar refractivity (Wildman–Crippen MR) is 94.8 cm³/mol. The maximum absolute atomic E-state index is 5.93. The topological polar surface area (TPSA) is 50.5 Å². The van der Waals surface area contributed by atoms with Gasteiger partial charge in [-0.25, -0.2) is 0 Å². The van der Waals surface area contributed by atoms with Gasteiger partial charge in [-0.1, -0.05) is 18.2 Å². The Morgan fingerprint density at radius 1 is 1.09 bits per heavy atom. The van der Waals surface area contributed by atoms with E-state index in [2.05, 4.69) is 16.3 Å². The van der Waals surface area contributed by atoms with Crippen molar-refractivity contribution >= 4 is 28.7 Å². The van der Waals surface area contributed by atoms with Gasteiger partial charge in [0.1, 0.15) is 5.75 Å². The lowest BCUT2D eigenvalue weighted by atomic mass is 10.2. The van der Waals surface area contributed by atoms with E-state index in [1.165, 1.54) is 12.8 Å². The van der Waals surface area contributed by atoms with E-state index < -0.39 is 0 Å². The van der Waals surface area contributed by atoms with Gasteiger partial charge in [-0.2, -0.15) is 0 Å². The highest BCUT2D eigenvalue weighted by Crippen LogP contribution is 2.34. The van der Waals surface area contributed by atoms with Crippen molar-refractivity contribution < 1.29 is 4.74 Å². The second-order valence-corrected chi connectivity index (χ2v) is 5.72. The summed E-state index contributed by atoms with van der Waals surface area (Å²) in [6.07, 6.45) is 2.47. The van der Waals surface area contributed by atoms with Crippen molar-refractivity contribution in [1.82, 2.24) is 0 Å². The van der Waals surface area contributed by atoms with Gasteiger partial charge in [-0.05, 0) is 55.4 Å². The van der Waals surface area contributed by atoms with Crippen LogP contribution in [0.3, 0.4) is 0 Å². The van der Waals surface area contributed by atoms with Crippen LogP contribution in [0.5, 0.6) is 11.5 Å². The number of nitrogens with zero attached hydrogens (tertiary/aromatic N) is 1. The third-order valence-electron chi connectivity index (χ3n) is 3.66. The zero-order chi connectivity index (χ0) is 15.4. The second kappa shape index (κ2) is 6.66. The minimum absolute atomic E-state index is 0.233. The molecule has 0 saturated carbocycles. The minimum Gasteiger partial charge on any atom is -0.455 e. The van der Waals surface area contributed by atoms with Crippen molar-refractivity contribution in [3.8, 4) is 11.5 Å². The molecule has 2 aromatic rings. The van der Waals surface area contributed by atoms with Gasteiger partial charge in [0.25, 0.3) is 0 Å². The van der Waals surface area contributed by atoms with Crippen molar-refractivity contribution in [2.24, 2.45) is 5.73 Å². The Morgan fingerprint density at radius 3 is 2.50 bits per heavy atom. The maximum Gasteiger partial charge on any atom is 0.168 e. The number of nitrogens with two attached hydrogens (primary N) is 1. The van der Waals surface area contributed by atoms with Crippen LogP contribution in [0, 0.1) is 0 Å². The molecule has 3 N–H and O–H groups in total. The molecular weight excluding hydrogens is 294 g/mol. The monoisotopic (exact) mass is 313 g/mol. The van der Waals surface area contributed by atoms with Crippen molar-refractivity contribution in [1.29, 1.82) is 0 Å².